The maximum atomic E-state index is 12.6. The lowest BCUT2D eigenvalue weighted by Gasteiger charge is -2.14. The van der Waals surface area contributed by atoms with Crippen LogP contribution in [0.1, 0.15) is 12.5 Å². The van der Waals surface area contributed by atoms with Crippen molar-refractivity contribution in [2.75, 3.05) is 5.32 Å². The fourth-order valence-corrected chi connectivity index (χ4v) is 4.73. The molecule has 1 N–H and O–H groups in total. The van der Waals surface area contributed by atoms with Gasteiger partial charge in [0.2, 0.25) is 5.91 Å². The summed E-state index contributed by atoms with van der Waals surface area (Å²) < 4.78 is 1.96. The number of anilines is 1. The van der Waals surface area contributed by atoms with Crippen LogP contribution >= 0.6 is 46.3 Å². The summed E-state index contributed by atoms with van der Waals surface area (Å²) in [6.45, 7) is 2.36. The molecule has 0 radical (unpaired) electrons. The van der Waals surface area contributed by atoms with Crippen molar-refractivity contribution < 1.29 is 4.79 Å². The minimum atomic E-state index is -0.406. The van der Waals surface area contributed by atoms with E-state index in [0.29, 0.717) is 32.7 Å². The van der Waals surface area contributed by atoms with Gasteiger partial charge in [-0.3, -0.25) is 9.36 Å². The van der Waals surface area contributed by atoms with Crippen LogP contribution in [0.4, 0.5) is 5.13 Å². The van der Waals surface area contributed by atoms with Gasteiger partial charge in [-0.05, 0) is 30.7 Å². The number of rotatable bonds is 7. The molecule has 158 valence electrons. The van der Waals surface area contributed by atoms with Crippen molar-refractivity contribution in [3.05, 3.63) is 75.7 Å². The number of amides is 1. The molecule has 0 spiro atoms. The predicted molar refractivity (Wildman–Crippen MR) is 127 cm³/mol. The number of thioether (sulfide) groups is 1. The highest BCUT2D eigenvalue weighted by Crippen LogP contribution is 2.33. The molecule has 0 unspecified atom stereocenters. The Morgan fingerprint density at radius 3 is 2.71 bits per heavy atom. The van der Waals surface area contributed by atoms with E-state index < -0.39 is 5.25 Å². The molecule has 31 heavy (non-hydrogen) atoms. The minimum Gasteiger partial charge on any atom is -0.301 e. The Bertz CT molecular complexity index is 1180. The lowest BCUT2D eigenvalue weighted by atomic mass is 10.2. The normalized spacial score (nSPS) is 12.0. The molecule has 4 rings (SSSR count). The summed E-state index contributed by atoms with van der Waals surface area (Å²) in [5.41, 5.74) is 1.80. The largest absolute Gasteiger partial charge is 0.301 e. The number of carbonyl (C=O) groups is 1. The van der Waals surface area contributed by atoms with E-state index in [0.717, 1.165) is 11.1 Å². The summed E-state index contributed by atoms with van der Waals surface area (Å²) in [5, 5.41) is 15.2. The van der Waals surface area contributed by atoms with Gasteiger partial charge in [0, 0.05) is 22.2 Å². The minimum absolute atomic E-state index is 0.153. The molecule has 0 aliphatic heterocycles. The molecule has 2 aromatic carbocycles. The number of thiazole rings is 1. The average Bonchev–Trinajstić information content (AvgIpc) is 3.39. The molecule has 2 aromatic heterocycles. The maximum absolute atomic E-state index is 12.6. The number of carbonyl (C=O) groups excluding carboxylic acids is 1. The van der Waals surface area contributed by atoms with Gasteiger partial charge < -0.3 is 5.32 Å². The van der Waals surface area contributed by atoms with Crippen molar-refractivity contribution in [1.82, 2.24) is 19.7 Å². The van der Waals surface area contributed by atoms with Gasteiger partial charge in [0.15, 0.2) is 16.1 Å². The monoisotopic (exact) mass is 489 g/mol. The molecule has 2 heterocycles. The van der Waals surface area contributed by atoms with E-state index in [1.807, 2.05) is 53.3 Å². The molecule has 10 heteroatoms. The van der Waals surface area contributed by atoms with Gasteiger partial charge in [-0.25, -0.2) is 4.98 Å². The molecule has 4 aromatic rings. The van der Waals surface area contributed by atoms with Gasteiger partial charge in [-0.15, -0.1) is 21.5 Å². The number of halogens is 2. The fraction of sp³-hybridized carbons (Fsp3) is 0.143. The van der Waals surface area contributed by atoms with Gasteiger partial charge in [-0.2, -0.15) is 0 Å². The summed E-state index contributed by atoms with van der Waals surface area (Å²) in [5.74, 6) is 0.459. The Labute approximate surface area is 197 Å². The fourth-order valence-electron chi connectivity index (χ4n) is 2.86. The maximum Gasteiger partial charge on any atom is 0.239 e. The lowest BCUT2D eigenvalue weighted by Crippen LogP contribution is -2.23. The van der Waals surface area contributed by atoms with E-state index in [9.17, 15) is 4.79 Å². The third kappa shape index (κ3) is 5.27. The van der Waals surface area contributed by atoms with Crippen LogP contribution in [0.3, 0.4) is 0 Å². The third-order valence-corrected chi connectivity index (χ3v) is 6.70. The zero-order chi connectivity index (χ0) is 21.8. The topological polar surface area (TPSA) is 72.7 Å². The number of nitrogens with one attached hydrogen (secondary N) is 1. The molecule has 1 atom stereocenters. The number of hydrogen-bond acceptors (Lipinski definition) is 6. The summed E-state index contributed by atoms with van der Waals surface area (Å²) in [6, 6.07) is 15.2. The van der Waals surface area contributed by atoms with E-state index in [4.69, 9.17) is 23.2 Å². The number of nitrogens with zero attached hydrogens (tertiary/aromatic N) is 4. The van der Waals surface area contributed by atoms with Crippen LogP contribution in [-0.2, 0) is 11.3 Å². The zero-order valence-corrected chi connectivity index (χ0v) is 19.5. The first-order chi connectivity index (χ1) is 15.0. The zero-order valence-electron chi connectivity index (χ0n) is 16.3. The lowest BCUT2D eigenvalue weighted by molar-refractivity contribution is -0.115. The van der Waals surface area contributed by atoms with Crippen LogP contribution in [0.15, 0.2) is 65.3 Å². The first-order valence-electron chi connectivity index (χ1n) is 9.31. The standard InChI is InChI=1S/C21H17Cl2N5OS2/c1-13(19(29)25-20-24-9-10-30-20)31-21-27-26-18(16-8-7-15(22)11-17(16)23)28(21)12-14-5-3-2-4-6-14/h2-11,13H,12H2,1H3,(H,24,25,29)/t13-/m0/s1. The summed E-state index contributed by atoms with van der Waals surface area (Å²) in [4.78, 5) is 16.7. The third-order valence-electron chi connectivity index (χ3n) is 4.39. The van der Waals surface area contributed by atoms with Crippen LogP contribution in [-0.4, -0.2) is 30.9 Å². The summed E-state index contributed by atoms with van der Waals surface area (Å²) in [7, 11) is 0. The molecule has 0 bridgehead atoms. The highest BCUT2D eigenvalue weighted by molar-refractivity contribution is 8.00. The predicted octanol–water partition coefficient (Wildman–Crippen LogP) is 5.88. The average molecular weight is 490 g/mol. The van der Waals surface area contributed by atoms with Crippen LogP contribution < -0.4 is 5.32 Å². The van der Waals surface area contributed by atoms with Crippen LogP contribution in [0.25, 0.3) is 11.4 Å². The Hall–Kier alpha value is -2.39. The van der Waals surface area contributed by atoms with E-state index in [2.05, 4.69) is 20.5 Å². The highest BCUT2D eigenvalue weighted by atomic mass is 35.5. The Kier molecular flexibility index (Phi) is 6.92. The van der Waals surface area contributed by atoms with Crippen LogP contribution in [0.5, 0.6) is 0 Å². The van der Waals surface area contributed by atoms with E-state index in [-0.39, 0.29) is 5.91 Å². The van der Waals surface area contributed by atoms with E-state index in [1.54, 1.807) is 18.3 Å². The first-order valence-corrected chi connectivity index (χ1v) is 11.8. The second-order valence-electron chi connectivity index (χ2n) is 6.59. The van der Waals surface area contributed by atoms with Crippen LogP contribution in [0.2, 0.25) is 10.0 Å². The molecular weight excluding hydrogens is 473 g/mol. The number of benzene rings is 2. The van der Waals surface area contributed by atoms with Crippen molar-refractivity contribution in [3.8, 4) is 11.4 Å². The molecule has 6 nitrogen and oxygen atoms in total. The Morgan fingerprint density at radius 2 is 2.00 bits per heavy atom. The molecule has 0 saturated heterocycles. The van der Waals surface area contributed by atoms with E-state index in [1.165, 1.54) is 23.1 Å². The van der Waals surface area contributed by atoms with Crippen molar-refractivity contribution in [3.63, 3.8) is 0 Å². The second kappa shape index (κ2) is 9.82. The van der Waals surface area contributed by atoms with Gasteiger partial charge in [0.1, 0.15) is 0 Å². The van der Waals surface area contributed by atoms with Crippen molar-refractivity contribution >= 4 is 57.3 Å². The summed E-state index contributed by atoms with van der Waals surface area (Å²) >= 11 is 15.2. The first kappa shape index (κ1) is 21.8. The smallest absolute Gasteiger partial charge is 0.239 e. The Balaban J connectivity index is 1.65. The molecular formula is C21H17Cl2N5OS2. The Morgan fingerprint density at radius 1 is 1.19 bits per heavy atom. The van der Waals surface area contributed by atoms with Gasteiger partial charge >= 0.3 is 0 Å². The number of hydrogen-bond donors (Lipinski definition) is 1. The number of aromatic nitrogens is 4. The highest BCUT2D eigenvalue weighted by Gasteiger charge is 2.22. The van der Waals surface area contributed by atoms with Crippen molar-refractivity contribution in [2.45, 2.75) is 23.9 Å². The van der Waals surface area contributed by atoms with E-state index >= 15 is 0 Å². The molecule has 0 aliphatic rings. The summed E-state index contributed by atoms with van der Waals surface area (Å²) in [6.07, 6.45) is 1.65. The quantitative estimate of drug-likeness (QED) is 0.328. The molecule has 0 fully saturated rings. The van der Waals surface area contributed by atoms with Gasteiger partial charge in [0.25, 0.3) is 0 Å². The van der Waals surface area contributed by atoms with Gasteiger partial charge in [0.05, 0.1) is 16.8 Å². The second-order valence-corrected chi connectivity index (χ2v) is 9.63. The van der Waals surface area contributed by atoms with Crippen molar-refractivity contribution in [2.24, 2.45) is 0 Å². The SMILES string of the molecule is C[C@H](Sc1nnc(-c2ccc(Cl)cc2Cl)n1Cc1ccccc1)C(=O)Nc1nccs1. The molecule has 0 aliphatic carbocycles. The van der Waals surface area contributed by atoms with Crippen molar-refractivity contribution in [1.29, 1.82) is 0 Å². The molecule has 1 amide bonds. The molecule has 0 saturated carbocycles. The van der Waals surface area contributed by atoms with Crippen LogP contribution in [0, 0.1) is 0 Å². The van der Waals surface area contributed by atoms with Gasteiger partial charge in [-0.1, -0.05) is 65.3 Å².